The van der Waals surface area contributed by atoms with Gasteiger partial charge in [-0.15, -0.1) is 11.3 Å². The van der Waals surface area contributed by atoms with Crippen molar-refractivity contribution in [2.45, 2.75) is 6.54 Å². The van der Waals surface area contributed by atoms with Gasteiger partial charge in [0.2, 0.25) is 0 Å². The molecule has 0 atom stereocenters. The van der Waals surface area contributed by atoms with Gasteiger partial charge in [-0.3, -0.25) is 9.98 Å². The van der Waals surface area contributed by atoms with Gasteiger partial charge in [-0.05, 0) is 18.2 Å². The molecule has 0 fully saturated rings. The average Bonchev–Trinajstić information content (AvgIpc) is 3.15. The molecule has 0 radical (unpaired) electrons. The predicted molar refractivity (Wildman–Crippen MR) is 93.7 cm³/mol. The summed E-state index contributed by atoms with van der Waals surface area (Å²) in [6.45, 7) is 0.153. The van der Waals surface area contributed by atoms with E-state index in [1.54, 1.807) is 42.7 Å². The van der Waals surface area contributed by atoms with Crippen LogP contribution in [0.4, 0.5) is 4.39 Å². The van der Waals surface area contributed by atoms with Gasteiger partial charge in [0, 0.05) is 23.3 Å². The zero-order valence-electron chi connectivity index (χ0n) is 12.6. The first-order valence-electron chi connectivity index (χ1n) is 7.17. The van der Waals surface area contributed by atoms with Gasteiger partial charge in [-0.2, -0.15) is 0 Å². The van der Waals surface area contributed by atoms with E-state index in [0.29, 0.717) is 22.1 Å². The Morgan fingerprint density at radius 3 is 2.62 bits per heavy atom. The molecule has 0 aliphatic rings. The normalized spacial score (nSPS) is 12.4. The van der Waals surface area contributed by atoms with Crippen LogP contribution in [0.2, 0.25) is 0 Å². The van der Waals surface area contributed by atoms with E-state index in [1.807, 2.05) is 11.4 Å². The largest absolute Gasteiger partial charge is 0.382 e. The predicted octanol–water partition coefficient (Wildman–Crippen LogP) is 3.03. The molecule has 0 saturated carbocycles. The highest BCUT2D eigenvalue weighted by Gasteiger charge is 2.09. The number of aliphatic imine (C=N–C) groups is 2. The minimum atomic E-state index is -0.304. The lowest BCUT2D eigenvalue weighted by molar-refractivity contribution is 0.611. The lowest BCUT2D eigenvalue weighted by atomic mass is 10.2. The quantitative estimate of drug-likeness (QED) is 0.586. The van der Waals surface area contributed by atoms with Gasteiger partial charge in [-0.1, -0.05) is 24.3 Å². The van der Waals surface area contributed by atoms with Crippen LogP contribution in [0.5, 0.6) is 0 Å². The first-order valence-corrected chi connectivity index (χ1v) is 8.05. The summed E-state index contributed by atoms with van der Waals surface area (Å²) in [5, 5.41) is 2.44. The second-order valence-corrected chi connectivity index (χ2v) is 5.68. The van der Waals surface area contributed by atoms with Gasteiger partial charge in [0.15, 0.2) is 16.7 Å². The van der Waals surface area contributed by atoms with Crippen molar-refractivity contribution in [1.29, 1.82) is 0 Å². The molecular formula is C17H14FN5S. The molecule has 7 heteroatoms. The van der Waals surface area contributed by atoms with Crippen LogP contribution < -0.4 is 5.73 Å². The topological polar surface area (TPSA) is 76.5 Å². The monoisotopic (exact) mass is 339 g/mol. The highest BCUT2D eigenvalue weighted by molar-refractivity contribution is 7.11. The van der Waals surface area contributed by atoms with Gasteiger partial charge < -0.3 is 5.73 Å². The Kier molecular flexibility index (Phi) is 5.02. The number of nitrogens with zero attached hydrogens (tertiary/aromatic N) is 4. The Hall–Kier alpha value is -2.93. The van der Waals surface area contributed by atoms with E-state index in [9.17, 15) is 4.39 Å². The molecule has 3 aromatic rings. The zero-order valence-corrected chi connectivity index (χ0v) is 13.4. The molecule has 120 valence electrons. The minimum Gasteiger partial charge on any atom is -0.382 e. The summed E-state index contributed by atoms with van der Waals surface area (Å²) in [7, 11) is 0. The second kappa shape index (κ2) is 7.56. The molecule has 24 heavy (non-hydrogen) atoms. The number of pyridine rings is 1. The van der Waals surface area contributed by atoms with Crippen molar-refractivity contribution in [1.82, 2.24) is 9.97 Å². The molecule has 0 saturated heterocycles. The number of hydrogen-bond donors (Lipinski definition) is 1. The fourth-order valence-electron chi connectivity index (χ4n) is 1.96. The second-order valence-electron chi connectivity index (χ2n) is 4.78. The minimum absolute atomic E-state index is 0.153. The lowest BCUT2D eigenvalue weighted by Crippen LogP contribution is -2.17. The van der Waals surface area contributed by atoms with E-state index < -0.39 is 0 Å². The van der Waals surface area contributed by atoms with Crippen LogP contribution in [-0.4, -0.2) is 21.6 Å². The van der Waals surface area contributed by atoms with E-state index >= 15 is 0 Å². The van der Waals surface area contributed by atoms with E-state index in [-0.39, 0.29) is 18.2 Å². The molecule has 2 heterocycles. The van der Waals surface area contributed by atoms with Crippen LogP contribution in [0.3, 0.4) is 0 Å². The van der Waals surface area contributed by atoms with Crippen LogP contribution in [0.25, 0.3) is 0 Å². The summed E-state index contributed by atoms with van der Waals surface area (Å²) in [5.74, 6) is 0.288. The smallest absolute Gasteiger partial charge is 0.186 e. The highest BCUT2D eigenvalue weighted by Crippen LogP contribution is 2.12. The molecule has 5 nitrogen and oxygen atoms in total. The van der Waals surface area contributed by atoms with E-state index in [4.69, 9.17) is 5.73 Å². The van der Waals surface area contributed by atoms with Gasteiger partial charge in [-0.25, -0.2) is 14.4 Å². The van der Waals surface area contributed by atoms with Crippen LogP contribution in [0.1, 0.15) is 16.3 Å². The Labute approximate surface area is 142 Å². The summed E-state index contributed by atoms with van der Waals surface area (Å²) in [4.78, 5) is 17.1. The van der Waals surface area contributed by atoms with Crippen molar-refractivity contribution in [3.8, 4) is 0 Å². The summed E-state index contributed by atoms with van der Waals surface area (Å²) < 4.78 is 13.8. The molecule has 0 bridgehead atoms. The zero-order chi connectivity index (χ0) is 16.8. The van der Waals surface area contributed by atoms with Gasteiger partial charge >= 0.3 is 0 Å². The van der Waals surface area contributed by atoms with Gasteiger partial charge in [0.25, 0.3) is 0 Å². The summed E-state index contributed by atoms with van der Waals surface area (Å²) in [6, 6.07) is 11.9. The van der Waals surface area contributed by atoms with Crippen molar-refractivity contribution >= 4 is 23.0 Å². The van der Waals surface area contributed by atoms with Crippen LogP contribution in [-0.2, 0) is 6.54 Å². The Morgan fingerprint density at radius 2 is 1.92 bits per heavy atom. The number of benzene rings is 1. The van der Waals surface area contributed by atoms with E-state index in [2.05, 4.69) is 20.0 Å². The summed E-state index contributed by atoms with van der Waals surface area (Å²) in [5.41, 5.74) is 7.04. The number of thiazole rings is 1. The molecule has 3 rings (SSSR count). The van der Waals surface area contributed by atoms with Crippen molar-refractivity contribution in [3.05, 3.63) is 82.3 Å². The highest BCUT2D eigenvalue weighted by atomic mass is 32.1. The van der Waals surface area contributed by atoms with Crippen LogP contribution in [0, 0.1) is 5.82 Å². The Bertz CT molecular complexity index is 860. The fraction of sp³-hybridized carbons (Fsp3) is 0.0588. The first kappa shape index (κ1) is 15.9. The lowest BCUT2D eigenvalue weighted by Gasteiger charge is -2.03. The SMILES string of the molecule is NC(=NC(=NCc1ccccc1F)c1nccs1)c1ccccn1. The van der Waals surface area contributed by atoms with Gasteiger partial charge in [0.1, 0.15) is 11.5 Å². The standard InChI is InChI=1S/C17H14FN5S/c18-13-6-2-1-5-12(13)11-22-16(17-21-9-10-24-17)23-15(19)14-7-3-4-8-20-14/h1-10H,11H2,(H2,19,22,23). The molecule has 0 amide bonds. The van der Waals surface area contributed by atoms with Crippen LogP contribution >= 0.6 is 11.3 Å². The van der Waals surface area contributed by atoms with Crippen molar-refractivity contribution in [2.24, 2.45) is 15.7 Å². The summed E-state index contributed by atoms with van der Waals surface area (Å²) in [6.07, 6.45) is 3.29. The number of aromatic nitrogens is 2. The Morgan fingerprint density at radius 1 is 1.08 bits per heavy atom. The fourth-order valence-corrected chi connectivity index (χ4v) is 2.54. The van der Waals surface area contributed by atoms with E-state index in [0.717, 1.165) is 0 Å². The number of halogens is 1. The molecular weight excluding hydrogens is 325 g/mol. The number of hydrogen-bond acceptors (Lipinski definition) is 4. The van der Waals surface area contributed by atoms with Crippen LogP contribution in [0.15, 0.2) is 70.2 Å². The average molecular weight is 339 g/mol. The maximum Gasteiger partial charge on any atom is 0.186 e. The van der Waals surface area contributed by atoms with Crippen molar-refractivity contribution in [2.75, 3.05) is 0 Å². The maximum atomic E-state index is 13.8. The molecule has 0 aliphatic carbocycles. The molecule has 1 aromatic carbocycles. The van der Waals surface area contributed by atoms with Crippen molar-refractivity contribution < 1.29 is 4.39 Å². The third-order valence-corrected chi connectivity index (χ3v) is 3.90. The summed E-state index contributed by atoms with van der Waals surface area (Å²) >= 11 is 1.39. The number of amidine groups is 2. The molecule has 2 aromatic heterocycles. The molecule has 2 N–H and O–H groups in total. The molecule has 0 unspecified atom stereocenters. The third kappa shape index (κ3) is 3.88. The molecule has 0 spiro atoms. The third-order valence-electron chi connectivity index (χ3n) is 3.13. The Balaban J connectivity index is 1.93. The first-order chi connectivity index (χ1) is 11.7. The van der Waals surface area contributed by atoms with Crippen molar-refractivity contribution in [3.63, 3.8) is 0 Å². The van der Waals surface area contributed by atoms with E-state index in [1.165, 1.54) is 17.4 Å². The maximum absolute atomic E-state index is 13.8. The number of nitrogens with two attached hydrogens (primary N) is 1. The van der Waals surface area contributed by atoms with Gasteiger partial charge in [0.05, 0.1) is 6.54 Å². The number of rotatable bonds is 4. The molecule has 0 aliphatic heterocycles.